The molecule has 1 heterocycles. The van der Waals surface area contributed by atoms with Gasteiger partial charge in [-0.15, -0.1) is 0 Å². The van der Waals surface area contributed by atoms with Crippen molar-refractivity contribution in [2.75, 3.05) is 18.6 Å². The molecule has 0 aliphatic carbocycles. The lowest BCUT2D eigenvalue weighted by molar-refractivity contribution is -0.142. The maximum absolute atomic E-state index is 11.9. The first kappa shape index (κ1) is 15.6. The van der Waals surface area contributed by atoms with Crippen LogP contribution in [0, 0.1) is 0 Å². The van der Waals surface area contributed by atoms with Gasteiger partial charge in [-0.3, -0.25) is 10.1 Å². The molecule has 1 fully saturated rings. The standard InChI is InChI=1S/C12H13Cl2NO4S/c1-19-12(16)11-6-20(17,18)5-10(15-11)8-3-2-7(13)4-9(8)14/h2-4,10-11,15H,5-6H2,1H3. The number of nitrogens with one attached hydrogen (secondary N) is 1. The van der Waals surface area contributed by atoms with E-state index >= 15 is 0 Å². The van der Waals surface area contributed by atoms with Gasteiger partial charge >= 0.3 is 5.97 Å². The number of carbonyl (C=O) groups is 1. The monoisotopic (exact) mass is 337 g/mol. The van der Waals surface area contributed by atoms with E-state index in [9.17, 15) is 13.2 Å². The summed E-state index contributed by atoms with van der Waals surface area (Å²) in [4.78, 5) is 11.6. The predicted octanol–water partition coefficient (Wildman–Crippen LogP) is 1.59. The fourth-order valence-electron chi connectivity index (χ4n) is 2.16. The second-order valence-corrected chi connectivity index (χ2v) is 7.54. The van der Waals surface area contributed by atoms with Crippen molar-refractivity contribution in [1.82, 2.24) is 5.32 Å². The topological polar surface area (TPSA) is 72.5 Å². The molecule has 1 N–H and O–H groups in total. The second-order valence-electron chi connectivity index (χ2n) is 4.54. The Bertz CT molecular complexity index is 632. The van der Waals surface area contributed by atoms with Crippen LogP contribution in [0.2, 0.25) is 10.0 Å². The van der Waals surface area contributed by atoms with Crippen molar-refractivity contribution in [3.05, 3.63) is 33.8 Å². The average molecular weight is 338 g/mol. The number of ether oxygens (including phenoxy) is 1. The molecule has 2 unspecified atom stereocenters. The molecule has 1 saturated heterocycles. The predicted molar refractivity (Wildman–Crippen MR) is 76.8 cm³/mol. The lowest BCUT2D eigenvalue weighted by Gasteiger charge is -2.30. The van der Waals surface area contributed by atoms with Crippen LogP contribution in [-0.4, -0.2) is 39.0 Å². The Morgan fingerprint density at radius 1 is 1.35 bits per heavy atom. The summed E-state index contributed by atoms with van der Waals surface area (Å²) in [5.74, 6) is -1.01. The molecule has 20 heavy (non-hydrogen) atoms. The molecule has 8 heteroatoms. The highest BCUT2D eigenvalue weighted by Gasteiger charge is 2.37. The Morgan fingerprint density at radius 2 is 2.05 bits per heavy atom. The van der Waals surface area contributed by atoms with Crippen LogP contribution in [0.5, 0.6) is 0 Å². The summed E-state index contributed by atoms with van der Waals surface area (Å²) in [6.07, 6.45) is 0. The van der Waals surface area contributed by atoms with Crippen molar-refractivity contribution >= 4 is 39.0 Å². The molecule has 0 spiro atoms. The van der Waals surface area contributed by atoms with Crippen molar-refractivity contribution < 1.29 is 17.9 Å². The third kappa shape index (κ3) is 3.44. The van der Waals surface area contributed by atoms with Gasteiger partial charge in [-0.2, -0.15) is 0 Å². The highest BCUT2D eigenvalue weighted by molar-refractivity contribution is 7.91. The molecule has 0 saturated carbocycles. The van der Waals surface area contributed by atoms with Crippen LogP contribution in [0.3, 0.4) is 0 Å². The average Bonchev–Trinajstić information content (AvgIpc) is 2.35. The minimum Gasteiger partial charge on any atom is -0.468 e. The summed E-state index contributed by atoms with van der Waals surface area (Å²) in [7, 11) is -2.15. The number of rotatable bonds is 2. The molecular weight excluding hydrogens is 325 g/mol. The van der Waals surface area contributed by atoms with Crippen molar-refractivity contribution in [3.63, 3.8) is 0 Å². The zero-order chi connectivity index (χ0) is 14.9. The van der Waals surface area contributed by atoms with Gasteiger partial charge in [0.15, 0.2) is 9.84 Å². The highest BCUT2D eigenvalue weighted by Crippen LogP contribution is 2.29. The zero-order valence-electron chi connectivity index (χ0n) is 10.6. The minimum atomic E-state index is -3.37. The number of benzene rings is 1. The molecule has 1 aliphatic heterocycles. The van der Waals surface area contributed by atoms with Crippen LogP contribution in [0.25, 0.3) is 0 Å². The van der Waals surface area contributed by atoms with E-state index in [4.69, 9.17) is 23.2 Å². The van der Waals surface area contributed by atoms with Crippen LogP contribution < -0.4 is 5.32 Å². The summed E-state index contributed by atoms with van der Waals surface area (Å²) in [6, 6.07) is 3.35. The SMILES string of the molecule is COC(=O)C1CS(=O)(=O)CC(c2ccc(Cl)cc2Cl)N1. The van der Waals surface area contributed by atoms with E-state index in [0.717, 1.165) is 0 Å². The summed E-state index contributed by atoms with van der Waals surface area (Å²) >= 11 is 11.9. The van der Waals surface area contributed by atoms with E-state index < -0.39 is 27.9 Å². The first-order valence-electron chi connectivity index (χ1n) is 5.81. The molecule has 0 aromatic heterocycles. The van der Waals surface area contributed by atoms with Gasteiger partial charge in [-0.25, -0.2) is 8.42 Å². The molecule has 2 rings (SSSR count). The smallest absolute Gasteiger partial charge is 0.323 e. The molecule has 2 atom stereocenters. The van der Waals surface area contributed by atoms with E-state index in [0.29, 0.717) is 15.6 Å². The largest absolute Gasteiger partial charge is 0.468 e. The Morgan fingerprint density at radius 3 is 2.65 bits per heavy atom. The van der Waals surface area contributed by atoms with Crippen LogP contribution in [-0.2, 0) is 19.4 Å². The lowest BCUT2D eigenvalue weighted by atomic mass is 10.1. The molecule has 1 aliphatic rings. The molecule has 5 nitrogen and oxygen atoms in total. The molecule has 0 radical (unpaired) electrons. The van der Waals surface area contributed by atoms with Gasteiger partial charge < -0.3 is 4.74 Å². The first-order chi connectivity index (χ1) is 9.32. The number of esters is 1. The molecular formula is C12H13Cl2NO4S. The Balaban J connectivity index is 2.33. The quantitative estimate of drug-likeness (QED) is 0.829. The second kappa shape index (κ2) is 5.89. The Labute approximate surface area is 127 Å². The molecule has 1 aromatic carbocycles. The van der Waals surface area contributed by atoms with Crippen LogP contribution in [0.4, 0.5) is 0 Å². The Kier molecular flexibility index (Phi) is 4.59. The summed E-state index contributed by atoms with van der Waals surface area (Å²) in [5, 5.41) is 3.77. The van der Waals surface area contributed by atoms with Crippen LogP contribution in [0.1, 0.15) is 11.6 Å². The van der Waals surface area contributed by atoms with Gasteiger partial charge in [-0.1, -0.05) is 29.3 Å². The Hall–Kier alpha value is -0.820. The summed E-state index contributed by atoms with van der Waals surface area (Å²) < 4.78 is 28.4. The third-order valence-electron chi connectivity index (χ3n) is 3.07. The minimum absolute atomic E-state index is 0.123. The van der Waals surface area contributed by atoms with Crippen LogP contribution in [0.15, 0.2) is 18.2 Å². The van der Waals surface area contributed by atoms with E-state index in [1.54, 1.807) is 12.1 Å². The number of carbonyl (C=O) groups excluding carboxylic acids is 1. The fraction of sp³-hybridized carbons (Fsp3) is 0.417. The first-order valence-corrected chi connectivity index (χ1v) is 8.39. The maximum Gasteiger partial charge on any atom is 0.323 e. The van der Waals surface area contributed by atoms with Gasteiger partial charge in [0.05, 0.1) is 18.6 Å². The molecule has 0 bridgehead atoms. The van der Waals surface area contributed by atoms with E-state index in [1.165, 1.54) is 13.2 Å². The van der Waals surface area contributed by atoms with E-state index in [1.807, 2.05) is 0 Å². The van der Waals surface area contributed by atoms with Gasteiger partial charge in [0, 0.05) is 16.1 Å². The number of halogens is 2. The molecule has 0 amide bonds. The molecule has 1 aromatic rings. The zero-order valence-corrected chi connectivity index (χ0v) is 12.9. The van der Waals surface area contributed by atoms with Crippen molar-refractivity contribution in [2.24, 2.45) is 0 Å². The maximum atomic E-state index is 11.9. The highest BCUT2D eigenvalue weighted by atomic mass is 35.5. The van der Waals surface area contributed by atoms with Crippen molar-refractivity contribution in [1.29, 1.82) is 0 Å². The van der Waals surface area contributed by atoms with Gasteiger partial charge in [0.25, 0.3) is 0 Å². The van der Waals surface area contributed by atoms with Gasteiger partial charge in [-0.05, 0) is 17.7 Å². The third-order valence-corrected chi connectivity index (χ3v) is 5.31. The summed E-state index contributed by atoms with van der Waals surface area (Å²) in [5.41, 5.74) is 0.591. The number of hydrogen-bond donors (Lipinski definition) is 1. The molecule has 110 valence electrons. The normalized spacial score (nSPS) is 25.1. The van der Waals surface area contributed by atoms with Crippen molar-refractivity contribution in [3.8, 4) is 0 Å². The van der Waals surface area contributed by atoms with E-state index in [-0.39, 0.29) is 11.5 Å². The van der Waals surface area contributed by atoms with Crippen molar-refractivity contribution in [2.45, 2.75) is 12.1 Å². The van der Waals surface area contributed by atoms with Gasteiger partial charge in [0.2, 0.25) is 0 Å². The van der Waals surface area contributed by atoms with Gasteiger partial charge in [0.1, 0.15) is 6.04 Å². The lowest BCUT2D eigenvalue weighted by Crippen LogP contribution is -2.51. The number of sulfone groups is 1. The summed E-state index contributed by atoms with van der Waals surface area (Å²) in [6.45, 7) is 0. The van der Waals surface area contributed by atoms with E-state index in [2.05, 4.69) is 10.1 Å². The number of methoxy groups -OCH3 is 1. The van der Waals surface area contributed by atoms with Crippen LogP contribution >= 0.6 is 23.2 Å². The number of hydrogen-bond acceptors (Lipinski definition) is 5. The fourth-order valence-corrected chi connectivity index (χ4v) is 4.36.